The van der Waals surface area contributed by atoms with E-state index in [4.69, 9.17) is 38.1 Å². The highest BCUT2D eigenvalue weighted by molar-refractivity contribution is 6.38. The molecule has 1 aliphatic carbocycles. The molecule has 4 aromatic rings. The van der Waals surface area contributed by atoms with Crippen molar-refractivity contribution in [3.63, 3.8) is 0 Å². The summed E-state index contributed by atoms with van der Waals surface area (Å²) in [5.41, 5.74) is 7.52. The van der Waals surface area contributed by atoms with Crippen LogP contribution in [0.15, 0.2) is 46.9 Å². The third-order valence-electron chi connectivity index (χ3n) is 9.30. The van der Waals surface area contributed by atoms with E-state index >= 15 is 0 Å². The van der Waals surface area contributed by atoms with Crippen molar-refractivity contribution in [1.82, 2.24) is 31.1 Å². The van der Waals surface area contributed by atoms with Crippen molar-refractivity contribution in [2.24, 2.45) is 11.8 Å². The molecule has 0 bridgehead atoms. The van der Waals surface area contributed by atoms with Crippen LogP contribution in [0.5, 0.6) is 0 Å². The molecule has 0 radical (unpaired) electrons. The molecule has 12 nitrogen and oxygen atoms in total. The van der Waals surface area contributed by atoms with E-state index in [0.29, 0.717) is 34.8 Å². The van der Waals surface area contributed by atoms with Crippen LogP contribution in [0, 0.1) is 11.8 Å². The summed E-state index contributed by atoms with van der Waals surface area (Å²) < 4.78 is 11.0. The molecule has 2 aromatic carbocycles. The van der Waals surface area contributed by atoms with E-state index in [1.807, 2.05) is 58.0 Å². The fraction of sp³-hybridized carbons (Fsp3) is 0.441. The van der Waals surface area contributed by atoms with Gasteiger partial charge < -0.3 is 35.8 Å². The molecule has 2 aromatic heterocycles. The molecule has 48 heavy (non-hydrogen) atoms. The minimum Gasteiger partial charge on any atom is -0.445 e. The number of aromatic nitrogens is 3. The Morgan fingerprint density at radius 3 is 2.46 bits per heavy atom. The van der Waals surface area contributed by atoms with Gasteiger partial charge in [-0.15, -0.1) is 5.10 Å². The molecule has 1 aliphatic rings. The van der Waals surface area contributed by atoms with Gasteiger partial charge in [0.05, 0.1) is 10.5 Å². The van der Waals surface area contributed by atoms with Crippen molar-refractivity contribution >= 4 is 58.0 Å². The molecule has 2 heterocycles. The number of hydrogen-bond donors (Lipinski definition) is 5. The summed E-state index contributed by atoms with van der Waals surface area (Å²) in [5.74, 6) is -1.19. The van der Waals surface area contributed by atoms with Gasteiger partial charge in [0, 0.05) is 22.5 Å². The maximum atomic E-state index is 14.6. The fourth-order valence-electron chi connectivity index (χ4n) is 6.07. The number of amides is 3. The van der Waals surface area contributed by atoms with Gasteiger partial charge in [-0.3, -0.25) is 9.59 Å². The summed E-state index contributed by atoms with van der Waals surface area (Å²) in [5, 5.41) is 18.4. The lowest BCUT2D eigenvalue weighted by Crippen LogP contribution is -2.65. The van der Waals surface area contributed by atoms with E-state index in [1.165, 1.54) is 0 Å². The van der Waals surface area contributed by atoms with Crippen molar-refractivity contribution in [1.29, 1.82) is 0 Å². The van der Waals surface area contributed by atoms with Crippen molar-refractivity contribution < 1.29 is 23.5 Å². The van der Waals surface area contributed by atoms with Gasteiger partial charge in [0.25, 0.3) is 0 Å². The fourth-order valence-corrected chi connectivity index (χ4v) is 6.61. The third-order valence-corrected chi connectivity index (χ3v) is 9.82. The molecule has 0 saturated heterocycles. The predicted molar refractivity (Wildman–Crippen MR) is 183 cm³/mol. The summed E-state index contributed by atoms with van der Waals surface area (Å²) in [6.45, 7) is 7.74. The Kier molecular flexibility index (Phi) is 10.8. The number of nitrogens with one attached hydrogen (secondary N) is 4. The highest BCUT2D eigenvalue weighted by Crippen LogP contribution is 2.39. The Labute approximate surface area is 288 Å². The van der Waals surface area contributed by atoms with Gasteiger partial charge in [-0.1, -0.05) is 99.2 Å². The average molecular weight is 699 g/mol. The lowest BCUT2D eigenvalue weighted by Gasteiger charge is -2.39. The second kappa shape index (κ2) is 14.9. The number of anilines is 1. The number of fused-ring (bicyclic) bond motifs is 3. The number of nitrogens with two attached hydrogens (primary N) is 1. The van der Waals surface area contributed by atoms with Crippen LogP contribution in [0.3, 0.4) is 0 Å². The summed E-state index contributed by atoms with van der Waals surface area (Å²) in [6, 6.07) is 10.9. The number of nitrogen functional groups attached to an aromatic ring is 1. The molecule has 3 amide bonds. The number of aryl methyl sites for hydroxylation is 1. The van der Waals surface area contributed by atoms with E-state index in [0.717, 1.165) is 22.2 Å². The number of halogens is 2. The molecule has 0 saturated carbocycles. The van der Waals surface area contributed by atoms with E-state index in [-0.39, 0.29) is 43.2 Å². The maximum Gasteiger partial charge on any atom is 0.408 e. The molecular formula is C34H41Cl2N7O5. The molecule has 256 valence electrons. The Balaban J connectivity index is 1.47. The van der Waals surface area contributed by atoms with Crippen molar-refractivity contribution in [2.75, 3.05) is 5.73 Å². The maximum absolute atomic E-state index is 14.6. The minimum atomic E-state index is -1.44. The first-order chi connectivity index (χ1) is 22.9. The minimum absolute atomic E-state index is 0.0412. The number of hydrogen-bond acceptors (Lipinski definition) is 8. The number of carbonyl (C=O) groups excluding carboxylic acids is 3. The smallest absolute Gasteiger partial charge is 0.408 e. The van der Waals surface area contributed by atoms with Gasteiger partial charge >= 0.3 is 12.1 Å². The lowest BCUT2D eigenvalue weighted by molar-refractivity contribution is -0.136. The number of carbonyl (C=O) groups is 3. The number of aromatic amines is 1. The molecule has 0 aliphatic heterocycles. The second-order valence-corrected chi connectivity index (χ2v) is 13.4. The summed E-state index contributed by atoms with van der Waals surface area (Å²) in [6.07, 6.45) is 1.32. The summed E-state index contributed by atoms with van der Waals surface area (Å²) >= 11 is 12.9. The van der Waals surface area contributed by atoms with Crippen LogP contribution in [-0.2, 0) is 33.8 Å². The first kappa shape index (κ1) is 35.0. The Bertz CT molecular complexity index is 1780. The predicted octanol–water partition coefficient (Wildman–Crippen LogP) is 6.03. The number of alkyl carbamates (subject to hydrolysis) is 1. The van der Waals surface area contributed by atoms with Crippen LogP contribution in [0.2, 0.25) is 10.0 Å². The Morgan fingerprint density at radius 2 is 1.79 bits per heavy atom. The Hall–Kier alpha value is -4.29. The number of rotatable bonds is 12. The molecular weight excluding hydrogens is 657 g/mol. The van der Waals surface area contributed by atoms with E-state index in [2.05, 4.69) is 31.1 Å². The van der Waals surface area contributed by atoms with Crippen LogP contribution in [0.25, 0.3) is 10.9 Å². The van der Waals surface area contributed by atoms with Crippen LogP contribution >= 0.6 is 23.2 Å². The summed E-state index contributed by atoms with van der Waals surface area (Å²) in [4.78, 5) is 45.2. The number of benzene rings is 2. The van der Waals surface area contributed by atoms with Crippen LogP contribution in [0.1, 0.15) is 75.7 Å². The molecule has 5 atom stereocenters. The van der Waals surface area contributed by atoms with Gasteiger partial charge in [-0.2, -0.15) is 0 Å². The van der Waals surface area contributed by atoms with Crippen molar-refractivity contribution in [2.45, 2.75) is 84.0 Å². The standard InChI is InChI=1S/C34H41Cl2N7O5/c1-5-18(3)26(40-33(46)47-17-20-10-8-7-9-11-20)29(44)41-34(31(45)39-27(19(4)6-2)30-42-43-32(37)48-30)13-12-25-23(16-34)22-14-21(35)15-24(36)28(22)38-25/h7-11,14-15,18-19,26-27,38H,5-6,12-13,16-17H2,1-4H3,(H2,37,43)(H,39,45)(H,40,46)(H,41,44)/t18-,19+,26?,27?,34-/m0/s1. The van der Waals surface area contributed by atoms with Gasteiger partial charge in [0.1, 0.15) is 24.2 Å². The highest BCUT2D eigenvalue weighted by Gasteiger charge is 2.47. The topological polar surface area (TPSA) is 177 Å². The molecule has 0 fully saturated rings. The zero-order valence-electron chi connectivity index (χ0n) is 27.4. The third kappa shape index (κ3) is 7.55. The monoisotopic (exact) mass is 697 g/mol. The van der Waals surface area contributed by atoms with Gasteiger partial charge in [0.2, 0.25) is 17.7 Å². The van der Waals surface area contributed by atoms with Gasteiger partial charge in [0.15, 0.2) is 0 Å². The van der Waals surface area contributed by atoms with Gasteiger partial charge in [-0.25, -0.2) is 4.79 Å². The highest BCUT2D eigenvalue weighted by atomic mass is 35.5. The van der Waals surface area contributed by atoms with Crippen LogP contribution < -0.4 is 21.7 Å². The molecule has 6 N–H and O–H groups in total. The number of H-pyrrole nitrogens is 1. The SMILES string of the molecule is CC[C@@H](C)C(NC(=O)[C@]1(NC(=O)C(NC(=O)OCc2ccccc2)[C@@H](C)CC)CCc2[nH]c3c(Cl)cc(Cl)cc3c2C1)c1nnc(N)o1. The van der Waals surface area contributed by atoms with E-state index in [1.54, 1.807) is 12.1 Å². The first-order valence-electron chi connectivity index (χ1n) is 16.1. The van der Waals surface area contributed by atoms with Gasteiger partial charge in [-0.05, 0) is 47.9 Å². The average Bonchev–Trinajstić information content (AvgIpc) is 3.67. The number of nitrogens with zero attached hydrogens (tertiary/aromatic N) is 2. The summed E-state index contributed by atoms with van der Waals surface area (Å²) in [7, 11) is 0. The van der Waals surface area contributed by atoms with E-state index in [9.17, 15) is 14.4 Å². The molecule has 0 spiro atoms. The first-order valence-corrected chi connectivity index (χ1v) is 16.9. The normalized spacial score (nSPS) is 18.3. The van der Waals surface area contributed by atoms with Crippen molar-refractivity contribution in [3.8, 4) is 0 Å². The van der Waals surface area contributed by atoms with Crippen LogP contribution in [0.4, 0.5) is 10.8 Å². The lowest BCUT2D eigenvalue weighted by atomic mass is 9.78. The molecule has 14 heteroatoms. The zero-order chi connectivity index (χ0) is 34.6. The quantitative estimate of drug-likeness (QED) is 0.119. The zero-order valence-corrected chi connectivity index (χ0v) is 28.9. The van der Waals surface area contributed by atoms with Crippen LogP contribution in [-0.4, -0.2) is 44.7 Å². The largest absolute Gasteiger partial charge is 0.445 e. The molecule has 5 rings (SSSR count). The number of ether oxygens (including phenoxy) is 1. The second-order valence-electron chi connectivity index (χ2n) is 12.5. The van der Waals surface area contributed by atoms with Crippen molar-refractivity contribution in [3.05, 3.63) is 75.2 Å². The molecule has 2 unspecified atom stereocenters. The van der Waals surface area contributed by atoms with E-state index < -0.39 is 35.5 Å². The Morgan fingerprint density at radius 1 is 1.06 bits per heavy atom.